The highest BCUT2D eigenvalue weighted by atomic mass is 15.0. The monoisotopic (exact) mass is 238 g/mol. The minimum atomic E-state index is 0.358. The molecule has 1 unspecified atom stereocenters. The Balaban J connectivity index is 1.85. The summed E-state index contributed by atoms with van der Waals surface area (Å²) < 4.78 is 0. The molecule has 18 heavy (non-hydrogen) atoms. The van der Waals surface area contributed by atoms with E-state index in [4.69, 9.17) is 5.26 Å². The van der Waals surface area contributed by atoms with Gasteiger partial charge in [-0.3, -0.25) is 0 Å². The van der Waals surface area contributed by atoms with Gasteiger partial charge in [0, 0.05) is 0 Å². The van der Waals surface area contributed by atoms with Gasteiger partial charge in [0.05, 0.1) is 29.6 Å². The number of nitrogens with zero attached hydrogens (tertiary/aromatic N) is 2. The highest BCUT2D eigenvalue weighted by Crippen LogP contribution is 2.24. The predicted molar refractivity (Wildman–Crippen MR) is 68.7 cm³/mol. The van der Waals surface area contributed by atoms with Gasteiger partial charge < -0.3 is 10.3 Å². The Bertz CT molecular complexity index is 571. The molecule has 2 N–H and O–H groups in total. The molecule has 2 aromatic rings. The van der Waals surface area contributed by atoms with E-state index in [0.29, 0.717) is 11.6 Å². The van der Waals surface area contributed by atoms with Crippen LogP contribution in [0.5, 0.6) is 0 Å². The summed E-state index contributed by atoms with van der Waals surface area (Å²) in [5.41, 5.74) is 2.74. The lowest BCUT2D eigenvalue weighted by Gasteiger charge is -2.05. The van der Waals surface area contributed by atoms with Gasteiger partial charge in [-0.25, -0.2) is 4.98 Å². The maximum absolute atomic E-state index is 8.77. The van der Waals surface area contributed by atoms with Crippen molar-refractivity contribution in [2.24, 2.45) is 0 Å². The average molecular weight is 238 g/mol. The number of nitrogens with one attached hydrogen (secondary N) is 2. The molecule has 3 rings (SSSR count). The van der Waals surface area contributed by atoms with Crippen molar-refractivity contribution in [2.75, 3.05) is 6.54 Å². The van der Waals surface area contributed by atoms with Crippen LogP contribution in [0, 0.1) is 11.3 Å². The van der Waals surface area contributed by atoms with Crippen LogP contribution in [0.4, 0.5) is 0 Å². The number of benzene rings is 1. The quantitative estimate of drug-likeness (QED) is 0.844. The number of aromatic amines is 1. The second-order valence-corrected chi connectivity index (χ2v) is 4.52. The molecule has 1 aliphatic rings. The topological polar surface area (TPSA) is 64.5 Å². The van der Waals surface area contributed by atoms with E-state index in [1.54, 1.807) is 0 Å². The van der Waals surface area contributed by atoms with E-state index in [9.17, 15) is 0 Å². The molecule has 0 amide bonds. The average Bonchev–Trinajstić information content (AvgIpc) is 3.09. The summed E-state index contributed by atoms with van der Waals surface area (Å²) >= 11 is 0. The largest absolute Gasteiger partial charge is 0.341 e. The van der Waals surface area contributed by atoms with Crippen LogP contribution >= 0.6 is 0 Å². The summed E-state index contributed by atoms with van der Waals surface area (Å²) in [4.78, 5) is 7.79. The lowest BCUT2D eigenvalue weighted by molar-refractivity contribution is 0.613. The summed E-state index contributed by atoms with van der Waals surface area (Å²) in [5, 5.41) is 12.2. The van der Waals surface area contributed by atoms with Crippen LogP contribution in [0.2, 0.25) is 0 Å². The van der Waals surface area contributed by atoms with Crippen LogP contribution in [0.3, 0.4) is 0 Å². The summed E-state index contributed by atoms with van der Waals surface area (Å²) in [6, 6.07) is 10.0. The molecule has 1 aliphatic heterocycles. The van der Waals surface area contributed by atoms with E-state index in [1.807, 2.05) is 30.5 Å². The fraction of sp³-hybridized carbons (Fsp3) is 0.286. The SMILES string of the molecule is N#Cc1ccc(-c2cnc(C3CCCN3)[nH]2)cc1. The smallest absolute Gasteiger partial charge is 0.123 e. The molecule has 1 atom stereocenters. The lowest BCUT2D eigenvalue weighted by atomic mass is 10.1. The first kappa shape index (κ1) is 11.0. The maximum Gasteiger partial charge on any atom is 0.123 e. The van der Waals surface area contributed by atoms with Crippen LogP contribution in [0.1, 0.15) is 30.3 Å². The maximum atomic E-state index is 8.77. The molecule has 0 spiro atoms. The molecule has 1 aromatic carbocycles. The van der Waals surface area contributed by atoms with Crippen LogP contribution in [0.15, 0.2) is 30.5 Å². The lowest BCUT2D eigenvalue weighted by Crippen LogP contribution is -2.14. The fourth-order valence-electron chi connectivity index (χ4n) is 2.30. The Morgan fingerprint density at radius 3 is 2.78 bits per heavy atom. The van der Waals surface area contributed by atoms with E-state index in [2.05, 4.69) is 21.4 Å². The number of H-pyrrole nitrogens is 1. The van der Waals surface area contributed by atoms with Crippen molar-refractivity contribution in [3.05, 3.63) is 41.9 Å². The number of imidazole rings is 1. The van der Waals surface area contributed by atoms with Crippen molar-refractivity contribution in [3.63, 3.8) is 0 Å². The molecule has 0 radical (unpaired) electrons. The normalized spacial score (nSPS) is 18.7. The first-order valence-corrected chi connectivity index (χ1v) is 6.15. The van der Waals surface area contributed by atoms with E-state index in [-0.39, 0.29) is 0 Å². The Labute approximate surface area is 106 Å². The number of nitriles is 1. The van der Waals surface area contributed by atoms with Gasteiger partial charge in [-0.05, 0) is 37.1 Å². The number of rotatable bonds is 2. The second kappa shape index (κ2) is 4.63. The molecule has 0 aliphatic carbocycles. The van der Waals surface area contributed by atoms with Crippen molar-refractivity contribution in [1.29, 1.82) is 5.26 Å². The third-order valence-corrected chi connectivity index (χ3v) is 3.31. The summed E-state index contributed by atoms with van der Waals surface area (Å²) in [7, 11) is 0. The molecule has 90 valence electrons. The van der Waals surface area contributed by atoms with Gasteiger partial charge in [-0.2, -0.15) is 5.26 Å². The van der Waals surface area contributed by atoms with Gasteiger partial charge >= 0.3 is 0 Å². The van der Waals surface area contributed by atoms with Gasteiger partial charge in [0.2, 0.25) is 0 Å². The Hall–Kier alpha value is -2.12. The summed E-state index contributed by atoms with van der Waals surface area (Å²) in [5.74, 6) is 1.01. The van der Waals surface area contributed by atoms with Gasteiger partial charge in [0.1, 0.15) is 5.82 Å². The molecule has 1 fully saturated rings. The number of aromatic nitrogens is 2. The molecule has 1 aromatic heterocycles. The number of hydrogen-bond donors (Lipinski definition) is 2. The molecule has 0 saturated carbocycles. The first-order chi connectivity index (χ1) is 8.86. The Morgan fingerprint density at radius 1 is 1.28 bits per heavy atom. The summed E-state index contributed by atoms with van der Waals surface area (Å²) in [6.45, 7) is 1.07. The zero-order valence-electron chi connectivity index (χ0n) is 9.98. The van der Waals surface area contributed by atoms with E-state index >= 15 is 0 Å². The summed E-state index contributed by atoms with van der Waals surface area (Å²) in [6.07, 6.45) is 4.20. The standard InChI is InChI=1S/C14H14N4/c15-8-10-3-5-11(6-4-10)13-9-17-14(18-13)12-2-1-7-16-12/h3-6,9,12,16H,1-2,7H2,(H,17,18). The van der Waals surface area contributed by atoms with Crippen LogP contribution in [0.25, 0.3) is 11.3 Å². The zero-order chi connectivity index (χ0) is 12.4. The predicted octanol–water partition coefficient (Wildman–Crippen LogP) is 2.37. The van der Waals surface area contributed by atoms with Crippen molar-refractivity contribution >= 4 is 0 Å². The molecule has 0 bridgehead atoms. The van der Waals surface area contributed by atoms with Gasteiger partial charge in [-0.15, -0.1) is 0 Å². The molecule has 4 heteroatoms. The Kier molecular flexibility index (Phi) is 2.83. The van der Waals surface area contributed by atoms with Crippen LogP contribution in [-0.4, -0.2) is 16.5 Å². The minimum Gasteiger partial charge on any atom is -0.341 e. The highest BCUT2D eigenvalue weighted by molar-refractivity contribution is 5.59. The van der Waals surface area contributed by atoms with Crippen molar-refractivity contribution in [2.45, 2.75) is 18.9 Å². The fourth-order valence-corrected chi connectivity index (χ4v) is 2.30. The molecule has 2 heterocycles. The first-order valence-electron chi connectivity index (χ1n) is 6.15. The number of hydrogen-bond acceptors (Lipinski definition) is 3. The van der Waals surface area contributed by atoms with Gasteiger partial charge in [-0.1, -0.05) is 12.1 Å². The van der Waals surface area contributed by atoms with E-state index in [0.717, 1.165) is 30.0 Å². The zero-order valence-corrected chi connectivity index (χ0v) is 9.98. The van der Waals surface area contributed by atoms with Crippen molar-refractivity contribution in [1.82, 2.24) is 15.3 Å². The van der Waals surface area contributed by atoms with E-state index in [1.165, 1.54) is 6.42 Å². The molecule has 4 nitrogen and oxygen atoms in total. The van der Waals surface area contributed by atoms with Gasteiger partial charge in [0.15, 0.2) is 0 Å². The third kappa shape index (κ3) is 2.01. The van der Waals surface area contributed by atoms with Crippen LogP contribution < -0.4 is 5.32 Å². The third-order valence-electron chi connectivity index (χ3n) is 3.31. The molecular formula is C14H14N4. The van der Waals surface area contributed by atoms with Crippen molar-refractivity contribution in [3.8, 4) is 17.3 Å². The second-order valence-electron chi connectivity index (χ2n) is 4.52. The minimum absolute atomic E-state index is 0.358. The highest BCUT2D eigenvalue weighted by Gasteiger charge is 2.19. The van der Waals surface area contributed by atoms with E-state index < -0.39 is 0 Å². The van der Waals surface area contributed by atoms with Crippen LogP contribution in [-0.2, 0) is 0 Å². The van der Waals surface area contributed by atoms with Crippen molar-refractivity contribution < 1.29 is 0 Å². The molecule has 1 saturated heterocycles. The Morgan fingerprint density at radius 2 is 2.11 bits per heavy atom. The molecular weight excluding hydrogens is 224 g/mol. The van der Waals surface area contributed by atoms with Gasteiger partial charge in [0.25, 0.3) is 0 Å².